The second-order valence-corrected chi connectivity index (χ2v) is 4.90. The highest BCUT2D eigenvalue weighted by molar-refractivity contribution is 6.30. The summed E-state index contributed by atoms with van der Waals surface area (Å²) in [5.41, 5.74) is 2.79. The Labute approximate surface area is 122 Å². The van der Waals surface area contributed by atoms with Crippen molar-refractivity contribution >= 4 is 22.5 Å². The topological polar surface area (TPSA) is 35.0 Å². The van der Waals surface area contributed by atoms with Crippen LogP contribution in [0.4, 0.5) is 0 Å². The van der Waals surface area contributed by atoms with Crippen LogP contribution in [0.25, 0.3) is 10.9 Å². The molecule has 0 bridgehead atoms. The number of rotatable bonds is 3. The molecule has 0 unspecified atom stereocenters. The number of pyridine rings is 2. The minimum absolute atomic E-state index is 0.422. The molecule has 0 saturated carbocycles. The summed E-state index contributed by atoms with van der Waals surface area (Å²) < 4.78 is 5.90. The molecule has 0 aliphatic rings. The van der Waals surface area contributed by atoms with Gasteiger partial charge in [0, 0.05) is 12.3 Å². The standard InChI is InChI=1S/C16H13ClN2O/c1-11-16-13(7-8-18-11)19-15(17)9-14(16)20-10-12-5-3-2-4-6-12/h2-9H,10H2,1H3. The fourth-order valence-corrected chi connectivity index (χ4v) is 2.32. The third-order valence-electron chi connectivity index (χ3n) is 3.08. The number of fused-ring (bicyclic) bond motifs is 1. The lowest BCUT2D eigenvalue weighted by molar-refractivity contribution is 0.309. The maximum Gasteiger partial charge on any atom is 0.134 e. The SMILES string of the molecule is Cc1nccc2nc(Cl)cc(OCc3ccccc3)c12. The maximum atomic E-state index is 6.05. The zero-order valence-electron chi connectivity index (χ0n) is 11.0. The van der Waals surface area contributed by atoms with Gasteiger partial charge in [-0.05, 0) is 18.6 Å². The molecule has 2 heterocycles. The third-order valence-corrected chi connectivity index (χ3v) is 3.27. The van der Waals surface area contributed by atoms with Crippen LogP contribution in [0, 0.1) is 6.92 Å². The fraction of sp³-hybridized carbons (Fsp3) is 0.125. The van der Waals surface area contributed by atoms with Crippen molar-refractivity contribution in [2.75, 3.05) is 0 Å². The lowest BCUT2D eigenvalue weighted by atomic mass is 10.2. The molecule has 0 aliphatic carbocycles. The van der Waals surface area contributed by atoms with E-state index in [1.807, 2.05) is 43.3 Å². The Bertz CT molecular complexity index is 744. The molecule has 0 saturated heterocycles. The van der Waals surface area contributed by atoms with Gasteiger partial charge in [-0.25, -0.2) is 4.98 Å². The Morgan fingerprint density at radius 3 is 2.75 bits per heavy atom. The van der Waals surface area contributed by atoms with Gasteiger partial charge >= 0.3 is 0 Å². The minimum Gasteiger partial charge on any atom is -0.488 e. The van der Waals surface area contributed by atoms with Gasteiger partial charge in [0.1, 0.15) is 17.5 Å². The van der Waals surface area contributed by atoms with Crippen molar-refractivity contribution in [3.8, 4) is 5.75 Å². The van der Waals surface area contributed by atoms with E-state index in [0.29, 0.717) is 11.8 Å². The van der Waals surface area contributed by atoms with Crippen molar-refractivity contribution in [1.82, 2.24) is 9.97 Å². The summed E-state index contributed by atoms with van der Waals surface area (Å²) in [6, 6.07) is 13.6. The van der Waals surface area contributed by atoms with E-state index in [0.717, 1.165) is 27.9 Å². The second-order valence-electron chi connectivity index (χ2n) is 4.51. The van der Waals surface area contributed by atoms with E-state index in [1.165, 1.54) is 0 Å². The van der Waals surface area contributed by atoms with E-state index in [9.17, 15) is 0 Å². The van der Waals surface area contributed by atoms with Crippen molar-refractivity contribution in [3.05, 3.63) is 65.1 Å². The zero-order valence-corrected chi connectivity index (χ0v) is 11.8. The van der Waals surface area contributed by atoms with Gasteiger partial charge in [0.05, 0.1) is 16.6 Å². The van der Waals surface area contributed by atoms with Gasteiger partial charge in [-0.1, -0.05) is 41.9 Å². The van der Waals surface area contributed by atoms with Gasteiger partial charge in [-0.15, -0.1) is 0 Å². The van der Waals surface area contributed by atoms with Crippen molar-refractivity contribution in [1.29, 1.82) is 0 Å². The summed E-state index contributed by atoms with van der Waals surface area (Å²) in [4.78, 5) is 8.59. The van der Waals surface area contributed by atoms with Crippen LogP contribution in [0.5, 0.6) is 5.75 Å². The van der Waals surface area contributed by atoms with Crippen molar-refractivity contribution < 1.29 is 4.74 Å². The summed E-state index contributed by atoms with van der Waals surface area (Å²) in [6.07, 6.45) is 1.72. The first-order valence-electron chi connectivity index (χ1n) is 6.32. The second kappa shape index (κ2) is 5.47. The van der Waals surface area contributed by atoms with E-state index in [-0.39, 0.29) is 0 Å². The van der Waals surface area contributed by atoms with Gasteiger partial charge in [0.2, 0.25) is 0 Å². The molecule has 0 N–H and O–H groups in total. The van der Waals surface area contributed by atoms with Gasteiger partial charge in [0.25, 0.3) is 0 Å². The Kier molecular flexibility index (Phi) is 3.52. The lowest BCUT2D eigenvalue weighted by Crippen LogP contribution is -1.98. The number of nitrogens with zero attached hydrogens (tertiary/aromatic N) is 2. The average Bonchev–Trinajstić information content (AvgIpc) is 2.45. The predicted octanol–water partition coefficient (Wildman–Crippen LogP) is 4.17. The van der Waals surface area contributed by atoms with Crippen molar-refractivity contribution in [2.45, 2.75) is 13.5 Å². The Hall–Kier alpha value is -2.13. The smallest absolute Gasteiger partial charge is 0.134 e. The number of aromatic nitrogens is 2. The number of hydrogen-bond acceptors (Lipinski definition) is 3. The highest BCUT2D eigenvalue weighted by Crippen LogP contribution is 2.29. The summed E-state index contributed by atoms with van der Waals surface area (Å²) in [7, 11) is 0. The number of aryl methyl sites for hydroxylation is 1. The lowest BCUT2D eigenvalue weighted by Gasteiger charge is -2.11. The number of benzene rings is 1. The summed E-state index contributed by atoms with van der Waals surface area (Å²) in [5.74, 6) is 0.717. The molecule has 0 aliphatic heterocycles. The molecule has 3 nitrogen and oxygen atoms in total. The highest BCUT2D eigenvalue weighted by atomic mass is 35.5. The first-order chi connectivity index (χ1) is 9.74. The molecular weight excluding hydrogens is 272 g/mol. The molecule has 20 heavy (non-hydrogen) atoms. The molecule has 3 rings (SSSR count). The number of halogens is 1. The Balaban J connectivity index is 1.98. The molecule has 0 radical (unpaired) electrons. The van der Waals surface area contributed by atoms with Crippen LogP contribution in [0.1, 0.15) is 11.3 Å². The molecule has 100 valence electrons. The summed E-state index contributed by atoms with van der Waals surface area (Å²) >= 11 is 6.05. The first kappa shape index (κ1) is 12.9. The van der Waals surface area contributed by atoms with Crippen LogP contribution >= 0.6 is 11.6 Å². The molecule has 2 aromatic heterocycles. The minimum atomic E-state index is 0.422. The molecular formula is C16H13ClN2O. The van der Waals surface area contributed by atoms with Crippen LogP contribution in [0.15, 0.2) is 48.7 Å². The van der Waals surface area contributed by atoms with Crippen molar-refractivity contribution in [2.24, 2.45) is 0 Å². The van der Waals surface area contributed by atoms with Gasteiger partial charge in [-0.2, -0.15) is 0 Å². The van der Waals surface area contributed by atoms with Gasteiger partial charge in [-0.3, -0.25) is 4.98 Å². The summed E-state index contributed by atoms with van der Waals surface area (Å²) in [6.45, 7) is 2.43. The molecule has 0 atom stereocenters. The molecule has 0 amide bonds. The molecule has 0 fully saturated rings. The first-order valence-corrected chi connectivity index (χ1v) is 6.70. The Morgan fingerprint density at radius 2 is 1.95 bits per heavy atom. The third kappa shape index (κ3) is 2.58. The van der Waals surface area contributed by atoms with E-state index < -0.39 is 0 Å². The largest absolute Gasteiger partial charge is 0.488 e. The van der Waals surface area contributed by atoms with Crippen LogP contribution in [0.2, 0.25) is 5.15 Å². The normalized spacial score (nSPS) is 10.7. The van der Waals surface area contributed by atoms with E-state index in [4.69, 9.17) is 16.3 Å². The maximum absolute atomic E-state index is 6.05. The molecule has 3 aromatic rings. The molecule has 1 aromatic carbocycles. The van der Waals surface area contributed by atoms with E-state index >= 15 is 0 Å². The predicted molar refractivity (Wildman–Crippen MR) is 80.1 cm³/mol. The van der Waals surface area contributed by atoms with Crippen LogP contribution < -0.4 is 4.74 Å². The van der Waals surface area contributed by atoms with E-state index in [2.05, 4.69) is 9.97 Å². The quantitative estimate of drug-likeness (QED) is 0.677. The van der Waals surface area contributed by atoms with Crippen LogP contribution in [-0.2, 0) is 6.61 Å². The fourth-order valence-electron chi connectivity index (χ4n) is 2.13. The monoisotopic (exact) mass is 284 g/mol. The van der Waals surface area contributed by atoms with Crippen LogP contribution in [-0.4, -0.2) is 9.97 Å². The number of ether oxygens (including phenoxy) is 1. The average molecular weight is 285 g/mol. The van der Waals surface area contributed by atoms with E-state index in [1.54, 1.807) is 12.3 Å². The van der Waals surface area contributed by atoms with Gasteiger partial charge in [0.15, 0.2) is 0 Å². The zero-order chi connectivity index (χ0) is 13.9. The summed E-state index contributed by atoms with van der Waals surface area (Å²) in [5, 5.41) is 1.33. The molecule has 4 heteroatoms. The van der Waals surface area contributed by atoms with Gasteiger partial charge < -0.3 is 4.74 Å². The van der Waals surface area contributed by atoms with Crippen molar-refractivity contribution in [3.63, 3.8) is 0 Å². The van der Waals surface area contributed by atoms with Crippen LogP contribution in [0.3, 0.4) is 0 Å². The Morgan fingerprint density at radius 1 is 1.15 bits per heavy atom. The molecule has 0 spiro atoms. The number of hydrogen-bond donors (Lipinski definition) is 0. The highest BCUT2D eigenvalue weighted by Gasteiger charge is 2.09.